The summed E-state index contributed by atoms with van der Waals surface area (Å²) in [4.78, 5) is 12.9. The van der Waals surface area contributed by atoms with E-state index in [0.29, 0.717) is 5.69 Å². The van der Waals surface area contributed by atoms with Crippen molar-refractivity contribution in [2.75, 3.05) is 10.8 Å². The van der Waals surface area contributed by atoms with E-state index >= 15 is 0 Å². The Labute approximate surface area is 233 Å². The Morgan fingerprint density at radius 3 is 2.16 bits per heavy atom. The zero-order valence-electron chi connectivity index (χ0n) is 20.1. The summed E-state index contributed by atoms with van der Waals surface area (Å²) in [7, 11) is -3.98. The molecule has 4 rings (SSSR count). The highest BCUT2D eigenvalue weighted by molar-refractivity contribution is 9.10. The number of carbonyl (C=O) groups excluding carboxylic acids is 1. The van der Waals surface area contributed by atoms with E-state index in [1.54, 1.807) is 48.7 Å². The number of amides is 1. The SMILES string of the molecule is Cc1cc(/C=N\NC(=O)CN(c2ccc(Br)cc2)S(=O)(=O)c2ccccc2)c(C)n1-c1ccc(Br)cc1. The van der Waals surface area contributed by atoms with E-state index in [2.05, 4.69) is 47.0 Å². The number of hydrogen-bond acceptors (Lipinski definition) is 4. The molecule has 0 saturated carbocycles. The van der Waals surface area contributed by atoms with Crippen LogP contribution in [0.4, 0.5) is 5.69 Å². The maximum Gasteiger partial charge on any atom is 0.264 e. The van der Waals surface area contributed by atoms with Crippen molar-refractivity contribution in [3.8, 4) is 5.69 Å². The Morgan fingerprint density at radius 1 is 0.946 bits per heavy atom. The van der Waals surface area contributed by atoms with Crippen LogP contribution in [0.15, 0.2) is 104 Å². The Kier molecular flexibility index (Phi) is 8.31. The first-order valence-corrected chi connectivity index (χ1v) is 14.3. The third kappa shape index (κ3) is 6.20. The number of nitrogens with one attached hydrogen (secondary N) is 1. The second-order valence-corrected chi connectivity index (χ2v) is 11.9. The standard InChI is InChI=1S/C27H24Br2N4O3S/c1-19-16-21(20(2)33(19)25-14-10-23(29)11-15-25)17-30-31-27(34)18-32(24-12-8-22(28)9-13-24)37(35,36)26-6-4-3-5-7-26/h3-17H,18H2,1-2H3,(H,31,34)/b30-17-. The van der Waals surface area contributed by atoms with Crippen LogP contribution in [0.1, 0.15) is 17.0 Å². The Balaban J connectivity index is 1.53. The highest BCUT2D eigenvalue weighted by atomic mass is 79.9. The van der Waals surface area contributed by atoms with Gasteiger partial charge in [-0.1, -0.05) is 50.1 Å². The highest BCUT2D eigenvalue weighted by Crippen LogP contribution is 2.25. The van der Waals surface area contributed by atoms with Crippen LogP contribution in [-0.2, 0) is 14.8 Å². The van der Waals surface area contributed by atoms with Crippen LogP contribution in [0, 0.1) is 13.8 Å². The molecule has 0 fully saturated rings. The Hall–Kier alpha value is -3.21. The van der Waals surface area contributed by atoms with E-state index in [0.717, 1.165) is 35.9 Å². The monoisotopic (exact) mass is 642 g/mol. The number of nitrogens with zero attached hydrogens (tertiary/aromatic N) is 3. The maximum atomic E-state index is 13.4. The van der Waals surface area contributed by atoms with Crippen LogP contribution in [-0.4, -0.2) is 31.7 Å². The molecule has 0 atom stereocenters. The molecular formula is C27H24Br2N4O3S. The number of sulfonamides is 1. The molecule has 0 saturated heterocycles. The Bertz CT molecular complexity index is 1530. The van der Waals surface area contributed by atoms with Crippen LogP contribution in [0.2, 0.25) is 0 Å². The van der Waals surface area contributed by atoms with Crippen LogP contribution in [0.3, 0.4) is 0 Å². The minimum atomic E-state index is -3.98. The predicted octanol–water partition coefficient (Wildman–Crippen LogP) is 5.96. The molecule has 1 amide bonds. The summed E-state index contributed by atoms with van der Waals surface area (Å²) in [5.41, 5.74) is 6.66. The van der Waals surface area contributed by atoms with E-state index in [4.69, 9.17) is 0 Å². The van der Waals surface area contributed by atoms with E-state index in [1.165, 1.54) is 12.1 Å². The molecule has 190 valence electrons. The van der Waals surface area contributed by atoms with Crippen molar-refractivity contribution in [3.05, 3.63) is 111 Å². The first kappa shape index (κ1) is 26.8. The van der Waals surface area contributed by atoms with Gasteiger partial charge in [0.25, 0.3) is 15.9 Å². The number of anilines is 1. The van der Waals surface area contributed by atoms with Crippen molar-refractivity contribution in [2.24, 2.45) is 5.10 Å². The minimum absolute atomic E-state index is 0.0922. The molecule has 0 aliphatic carbocycles. The summed E-state index contributed by atoms with van der Waals surface area (Å²) in [6.07, 6.45) is 1.56. The zero-order valence-corrected chi connectivity index (χ0v) is 24.1. The van der Waals surface area contributed by atoms with E-state index in [1.807, 2.05) is 44.2 Å². The van der Waals surface area contributed by atoms with Gasteiger partial charge in [0.15, 0.2) is 0 Å². The second-order valence-electron chi connectivity index (χ2n) is 8.23. The normalized spacial score (nSPS) is 11.6. The number of hydrazone groups is 1. The molecule has 1 heterocycles. The van der Waals surface area contributed by atoms with Crippen molar-refractivity contribution in [1.82, 2.24) is 9.99 Å². The third-order valence-electron chi connectivity index (χ3n) is 5.68. The summed E-state index contributed by atoms with van der Waals surface area (Å²) in [5, 5.41) is 4.11. The van der Waals surface area contributed by atoms with Gasteiger partial charge in [-0.05, 0) is 80.6 Å². The van der Waals surface area contributed by atoms with E-state index in [9.17, 15) is 13.2 Å². The lowest BCUT2D eigenvalue weighted by Crippen LogP contribution is -2.39. The first-order chi connectivity index (χ1) is 17.7. The molecule has 3 aromatic carbocycles. The number of rotatable bonds is 8. The summed E-state index contributed by atoms with van der Waals surface area (Å²) in [5.74, 6) is -0.569. The molecule has 0 aliphatic heterocycles. The van der Waals surface area contributed by atoms with Gasteiger partial charge in [-0.2, -0.15) is 5.10 Å². The van der Waals surface area contributed by atoms with Crippen LogP contribution in [0.25, 0.3) is 5.69 Å². The molecule has 0 spiro atoms. The smallest absolute Gasteiger partial charge is 0.264 e. The molecule has 4 aromatic rings. The van der Waals surface area contributed by atoms with Gasteiger partial charge < -0.3 is 4.57 Å². The average Bonchev–Trinajstić information content (AvgIpc) is 3.17. The van der Waals surface area contributed by atoms with Crippen molar-refractivity contribution in [3.63, 3.8) is 0 Å². The molecule has 0 aliphatic rings. The van der Waals surface area contributed by atoms with Gasteiger partial charge >= 0.3 is 0 Å². The minimum Gasteiger partial charge on any atom is -0.318 e. The fraction of sp³-hybridized carbons (Fsp3) is 0.111. The molecule has 10 heteroatoms. The number of halogens is 2. The molecule has 0 bridgehead atoms. The van der Waals surface area contributed by atoms with Crippen molar-refractivity contribution in [2.45, 2.75) is 18.7 Å². The average molecular weight is 644 g/mol. The summed E-state index contributed by atoms with van der Waals surface area (Å²) in [6, 6.07) is 24.7. The number of aromatic nitrogens is 1. The van der Waals surface area contributed by atoms with Gasteiger partial charge in [0.05, 0.1) is 16.8 Å². The lowest BCUT2D eigenvalue weighted by atomic mass is 10.2. The summed E-state index contributed by atoms with van der Waals surface area (Å²) in [6.45, 7) is 3.53. The summed E-state index contributed by atoms with van der Waals surface area (Å²) >= 11 is 6.81. The lowest BCUT2D eigenvalue weighted by molar-refractivity contribution is -0.119. The van der Waals surface area contributed by atoms with Crippen LogP contribution in [0.5, 0.6) is 0 Å². The van der Waals surface area contributed by atoms with Crippen molar-refractivity contribution in [1.29, 1.82) is 0 Å². The van der Waals surface area contributed by atoms with E-state index in [-0.39, 0.29) is 4.90 Å². The molecule has 1 N–H and O–H groups in total. The number of aryl methyl sites for hydroxylation is 1. The molecule has 7 nitrogen and oxygen atoms in total. The molecule has 37 heavy (non-hydrogen) atoms. The predicted molar refractivity (Wildman–Crippen MR) is 154 cm³/mol. The topological polar surface area (TPSA) is 83.8 Å². The largest absolute Gasteiger partial charge is 0.318 e. The van der Waals surface area contributed by atoms with Gasteiger partial charge in [-0.15, -0.1) is 0 Å². The number of benzene rings is 3. The van der Waals surface area contributed by atoms with Crippen molar-refractivity contribution < 1.29 is 13.2 Å². The zero-order chi connectivity index (χ0) is 26.6. The number of carbonyl (C=O) groups is 1. The van der Waals surface area contributed by atoms with Gasteiger partial charge in [-0.25, -0.2) is 13.8 Å². The van der Waals surface area contributed by atoms with Gasteiger partial charge in [0.2, 0.25) is 0 Å². The summed E-state index contributed by atoms with van der Waals surface area (Å²) < 4.78 is 31.7. The van der Waals surface area contributed by atoms with Gasteiger partial charge in [-0.3, -0.25) is 9.10 Å². The molecule has 0 unspecified atom stereocenters. The second kappa shape index (κ2) is 11.5. The van der Waals surface area contributed by atoms with Gasteiger partial charge in [0.1, 0.15) is 6.54 Å². The fourth-order valence-corrected chi connectivity index (χ4v) is 5.86. The first-order valence-electron chi connectivity index (χ1n) is 11.3. The van der Waals surface area contributed by atoms with Gasteiger partial charge in [0, 0.05) is 31.6 Å². The molecule has 0 radical (unpaired) electrons. The van der Waals surface area contributed by atoms with Crippen LogP contribution >= 0.6 is 31.9 Å². The van der Waals surface area contributed by atoms with E-state index < -0.39 is 22.5 Å². The molecule has 1 aromatic heterocycles. The lowest BCUT2D eigenvalue weighted by Gasteiger charge is -2.23. The highest BCUT2D eigenvalue weighted by Gasteiger charge is 2.27. The fourth-order valence-electron chi connectivity index (χ4n) is 3.89. The number of hydrogen-bond donors (Lipinski definition) is 1. The maximum absolute atomic E-state index is 13.4. The molecular weight excluding hydrogens is 620 g/mol. The third-order valence-corrected chi connectivity index (χ3v) is 8.53. The Morgan fingerprint density at radius 2 is 1.54 bits per heavy atom. The van der Waals surface area contributed by atoms with Crippen LogP contribution < -0.4 is 9.73 Å². The quantitative estimate of drug-likeness (QED) is 0.190. The van der Waals surface area contributed by atoms with Crippen molar-refractivity contribution >= 4 is 59.7 Å².